The van der Waals surface area contributed by atoms with E-state index in [0.717, 1.165) is 13.1 Å². The molecule has 0 N–H and O–H groups in total. The third-order valence-corrected chi connectivity index (χ3v) is 2.13. The first-order chi connectivity index (χ1) is 5.65. The number of esters is 1. The van der Waals surface area contributed by atoms with E-state index in [4.69, 9.17) is 0 Å². The van der Waals surface area contributed by atoms with Gasteiger partial charge in [-0.2, -0.15) is 0 Å². The highest BCUT2D eigenvalue weighted by atomic mass is 16.5. The van der Waals surface area contributed by atoms with Crippen molar-refractivity contribution in [3.05, 3.63) is 0 Å². The molecule has 0 radical (unpaired) electrons. The van der Waals surface area contributed by atoms with E-state index in [0.29, 0.717) is 6.42 Å². The van der Waals surface area contributed by atoms with Crippen LogP contribution in [0.5, 0.6) is 0 Å². The number of nitrogens with zero attached hydrogens (tertiary/aromatic N) is 1. The number of hydrogen-bond acceptors (Lipinski definition) is 3. The first kappa shape index (κ1) is 11.4. The fourth-order valence-electron chi connectivity index (χ4n) is 1.30. The number of carbonyl (C=O) groups excluding carboxylic acids is 1. The molecule has 0 saturated heterocycles. The summed E-state index contributed by atoms with van der Waals surface area (Å²) in [6, 6.07) is 0.285. The molecule has 0 heterocycles. The Hall–Kier alpha value is -0.570. The van der Waals surface area contributed by atoms with Gasteiger partial charge in [0, 0.05) is 6.04 Å². The number of methoxy groups -OCH3 is 1. The van der Waals surface area contributed by atoms with Crippen molar-refractivity contribution in [3.8, 4) is 0 Å². The van der Waals surface area contributed by atoms with E-state index in [2.05, 4.69) is 23.5 Å². The largest absolute Gasteiger partial charge is 0.469 e. The van der Waals surface area contributed by atoms with Gasteiger partial charge in [-0.15, -0.1) is 0 Å². The molecule has 0 aromatic rings. The van der Waals surface area contributed by atoms with E-state index in [1.54, 1.807) is 0 Å². The van der Waals surface area contributed by atoms with E-state index in [9.17, 15) is 4.79 Å². The Balaban J connectivity index is 3.83. The molecule has 0 aromatic heterocycles. The zero-order valence-electron chi connectivity index (χ0n) is 8.46. The molecule has 0 saturated carbocycles. The molecular formula is C9H19NO2. The summed E-state index contributed by atoms with van der Waals surface area (Å²) in [6.45, 7) is 8.20. The van der Waals surface area contributed by atoms with E-state index in [1.165, 1.54) is 7.11 Å². The lowest BCUT2D eigenvalue weighted by atomic mass is 10.2. The van der Waals surface area contributed by atoms with E-state index < -0.39 is 0 Å². The minimum atomic E-state index is -0.130. The number of hydrogen-bond donors (Lipinski definition) is 0. The van der Waals surface area contributed by atoms with Crippen molar-refractivity contribution < 1.29 is 9.53 Å². The molecule has 0 bridgehead atoms. The van der Waals surface area contributed by atoms with Crippen LogP contribution in [0.4, 0.5) is 0 Å². The van der Waals surface area contributed by atoms with Gasteiger partial charge in [0.1, 0.15) is 0 Å². The minimum absolute atomic E-state index is 0.130. The lowest BCUT2D eigenvalue weighted by Crippen LogP contribution is -2.34. The van der Waals surface area contributed by atoms with Gasteiger partial charge in [0.2, 0.25) is 0 Å². The standard InChI is InChI=1S/C9H19NO2/c1-5-10(6-2)8(3)7-9(11)12-4/h8H,5-7H2,1-4H3/t8-/m0/s1. The Morgan fingerprint density at radius 2 is 1.92 bits per heavy atom. The molecule has 12 heavy (non-hydrogen) atoms. The molecule has 0 aliphatic carbocycles. The van der Waals surface area contributed by atoms with Crippen molar-refractivity contribution in [2.45, 2.75) is 33.2 Å². The summed E-state index contributed by atoms with van der Waals surface area (Å²) in [5.41, 5.74) is 0. The summed E-state index contributed by atoms with van der Waals surface area (Å²) < 4.78 is 4.59. The van der Waals surface area contributed by atoms with E-state index in [1.807, 2.05) is 6.92 Å². The summed E-state index contributed by atoms with van der Waals surface area (Å²) in [7, 11) is 1.43. The van der Waals surface area contributed by atoms with E-state index in [-0.39, 0.29) is 12.0 Å². The molecule has 72 valence electrons. The molecule has 0 unspecified atom stereocenters. The first-order valence-electron chi connectivity index (χ1n) is 4.46. The average molecular weight is 173 g/mol. The molecule has 0 spiro atoms. The number of carbonyl (C=O) groups is 1. The molecule has 0 fully saturated rings. The van der Waals surface area contributed by atoms with Crippen LogP contribution in [0, 0.1) is 0 Å². The third-order valence-electron chi connectivity index (χ3n) is 2.13. The van der Waals surface area contributed by atoms with Crippen LogP contribution in [0.25, 0.3) is 0 Å². The van der Waals surface area contributed by atoms with Crippen molar-refractivity contribution in [1.29, 1.82) is 0 Å². The molecule has 0 aromatic carbocycles. The van der Waals surface area contributed by atoms with Gasteiger partial charge in [-0.25, -0.2) is 0 Å². The molecular weight excluding hydrogens is 154 g/mol. The molecule has 0 aliphatic heterocycles. The monoisotopic (exact) mass is 173 g/mol. The highest BCUT2D eigenvalue weighted by Crippen LogP contribution is 2.03. The maximum atomic E-state index is 10.9. The van der Waals surface area contributed by atoms with Crippen LogP contribution in [0.1, 0.15) is 27.2 Å². The van der Waals surface area contributed by atoms with Gasteiger partial charge in [0.25, 0.3) is 0 Å². The van der Waals surface area contributed by atoms with Crippen molar-refractivity contribution >= 4 is 5.97 Å². The summed E-state index contributed by atoms with van der Waals surface area (Å²) in [4.78, 5) is 13.1. The fraction of sp³-hybridized carbons (Fsp3) is 0.889. The topological polar surface area (TPSA) is 29.5 Å². The maximum Gasteiger partial charge on any atom is 0.307 e. The number of ether oxygens (including phenoxy) is 1. The van der Waals surface area contributed by atoms with E-state index >= 15 is 0 Å². The van der Waals surface area contributed by atoms with Gasteiger partial charge in [-0.3, -0.25) is 4.79 Å². The summed E-state index contributed by atoms with van der Waals surface area (Å²) >= 11 is 0. The van der Waals surface area contributed by atoms with Gasteiger partial charge < -0.3 is 9.64 Å². The van der Waals surface area contributed by atoms with Crippen molar-refractivity contribution in [2.75, 3.05) is 20.2 Å². The first-order valence-corrected chi connectivity index (χ1v) is 4.46. The highest BCUT2D eigenvalue weighted by molar-refractivity contribution is 5.69. The second-order valence-corrected chi connectivity index (χ2v) is 2.85. The summed E-state index contributed by atoms with van der Waals surface area (Å²) in [5, 5.41) is 0. The Morgan fingerprint density at radius 3 is 2.25 bits per heavy atom. The van der Waals surface area contributed by atoms with Crippen LogP contribution in [0.15, 0.2) is 0 Å². The quantitative estimate of drug-likeness (QED) is 0.586. The van der Waals surface area contributed by atoms with Gasteiger partial charge in [0.15, 0.2) is 0 Å². The van der Waals surface area contributed by atoms with Crippen LogP contribution < -0.4 is 0 Å². The lowest BCUT2D eigenvalue weighted by molar-refractivity contribution is -0.141. The Kier molecular flexibility index (Phi) is 5.72. The smallest absolute Gasteiger partial charge is 0.307 e. The molecule has 3 nitrogen and oxygen atoms in total. The predicted octanol–water partition coefficient (Wildman–Crippen LogP) is 1.28. The van der Waals surface area contributed by atoms with Crippen LogP contribution in [-0.4, -0.2) is 37.1 Å². The van der Waals surface area contributed by atoms with Crippen molar-refractivity contribution in [2.24, 2.45) is 0 Å². The SMILES string of the molecule is CCN(CC)[C@@H](C)CC(=O)OC. The maximum absolute atomic E-state index is 10.9. The van der Waals surface area contributed by atoms with Crippen LogP contribution >= 0.6 is 0 Å². The fourth-order valence-corrected chi connectivity index (χ4v) is 1.30. The lowest BCUT2D eigenvalue weighted by Gasteiger charge is -2.25. The van der Waals surface area contributed by atoms with Crippen molar-refractivity contribution in [1.82, 2.24) is 4.90 Å². The Morgan fingerprint density at radius 1 is 1.42 bits per heavy atom. The van der Waals surface area contributed by atoms with Gasteiger partial charge >= 0.3 is 5.97 Å². The summed E-state index contributed by atoms with van der Waals surface area (Å²) in [6.07, 6.45) is 0.484. The second kappa shape index (κ2) is 6.00. The highest BCUT2D eigenvalue weighted by Gasteiger charge is 2.13. The zero-order chi connectivity index (χ0) is 9.56. The molecule has 0 aliphatic rings. The van der Waals surface area contributed by atoms with Gasteiger partial charge in [-0.05, 0) is 20.0 Å². The average Bonchev–Trinajstić information content (AvgIpc) is 2.06. The number of rotatable bonds is 5. The molecule has 1 atom stereocenters. The van der Waals surface area contributed by atoms with Gasteiger partial charge in [0.05, 0.1) is 13.5 Å². The molecule has 0 rings (SSSR count). The zero-order valence-corrected chi connectivity index (χ0v) is 8.46. The normalized spacial score (nSPS) is 13.1. The third kappa shape index (κ3) is 3.72. The Labute approximate surface area is 74.7 Å². The Bertz CT molecular complexity index is 132. The van der Waals surface area contributed by atoms with Crippen molar-refractivity contribution in [3.63, 3.8) is 0 Å². The van der Waals surface area contributed by atoms with Crippen LogP contribution in [0.2, 0.25) is 0 Å². The molecule has 0 amide bonds. The van der Waals surface area contributed by atoms with Crippen LogP contribution in [-0.2, 0) is 9.53 Å². The van der Waals surface area contributed by atoms with Gasteiger partial charge in [-0.1, -0.05) is 13.8 Å². The second-order valence-electron chi connectivity index (χ2n) is 2.85. The predicted molar refractivity (Wildman–Crippen MR) is 49.0 cm³/mol. The minimum Gasteiger partial charge on any atom is -0.469 e. The van der Waals surface area contributed by atoms with Crippen LogP contribution in [0.3, 0.4) is 0 Å². The summed E-state index contributed by atoms with van der Waals surface area (Å²) in [5.74, 6) is -0.130. The molecule has 3 heteroatoms.